The van der Waals surface area contributed by atoms with E-state index in [2.05, 4.69) is 39.0 Å². The quantitative estimate of drug-likeness (QED) is 0.862. The van der Waals surface area contributed by atoms with E-state index in [0.29, 0.717) is 0 Å². The summed E-state index contributed by atoms with van der Waals surface area (Å²) in [5.41, 5.74) is 1.24. The summed E-state index contributed by atoms with van der Waals surface area (Å²) in [7, 11) is 0. The SMILES string of the molecule is CCCNC(c1ccsc1)c1ncccn1. The maximum Gasteiger partial charge on any atom is 0.149 e. The molecular weight excluding hydrogens is 218 g/mol. The zero-order valence-electron chi connectivity index (χ0n) is 9.26. The number of rotatable bonds is 5. The van der Waals surface area contributed by atoms with Crippen LogP contribution in [0.15, 0.2) is 35.3 Å². The zero-order valence-corrected chi connectivity index (χ0v) is 10.1. The lowest BCUT2D eigenvalue weighted by molar-refractivity contribution is 0.573. The van der Waals surface area contributed by atoms with E-state index in [1.165, 1.54) is 5.56 Å². The Morgan fingerprint density at radius 2 is 2.19 bits per heavy atom. The molecule has 4 heteroatoms. The summed E-state index contributed by atoms with van der Waals surface area (Å²) in [6.45, 7) is 3.13. The van der Waals surface area contributed by atoms with E-state index >= 15 is 0 Å². The van der Waals surface area contributed by atoms with Crippen molar-refractivity contribution < 1.29 is 0 Å². The van der Waals surface area contributed by atoms with Crippen LogP contribution in [0.5, 0.6) is 0 Å². The molecule has 0 aliphatic heterocycles. The number of aromatic nitrogens is 2. The summed E-state index contributed by atoms with van der Waals surface area (Å²) in [5, 5.41) is 7.69. The first kappa shape index (κ1) is 11.2. The third kappa shape index (κ3) is 2.65. The zero-order chi connectivity index (χ0) is 11.2. The maximum atomic E-state index is 4.32. The van der Waals surface area contributed by atoms with E-state index in [1.54, 1.807) is 23.7 Å². The average molecular weight is 233 g/mol. The van der Waals surface area contributed by atoms with E-state index in [4.69, 9.17) is 0 Å². The molecule has 0 fully saturated rings. The van der Waals surface area contributed by atoms with Gasteiger partial charge in [0, 0.05) is 12.4 Å². The van der Waals surface area contributed by atoms with Gasteiger partial charge in [0.05, 0.1) is 6.04 Å². The Morgan fingerprint density at radius 3 is 2.81 bits per heavy atom. The molecule has 0 aliphatic rings. The lowest BCUT2D eigenvalue weighted by Crippen LogP contribution is -2.24. The highest BCUT2D eigenvalue weighted by atomic mass is 32.1. The monoisotopic (exact) mass is 233 g/mol. The predicted octanol–water partition coefficient (Wildman–Crippen LogP) is 2.63. The van der Waals surface area contributed by atoms with Crippen molar-refractivity contribution in [3.05, 3.63) is 46.7 Å². The van der Waals surface area contributed by atoms with Crippen LogP contribution in [0.2, 0.25) is 0 Å². The molecule has 0 spiro atoms. The van der Waals surface area contributed by atoms with Crippen LogP contribution in [-0.2, 0) is 0 Å². The fourth-order valence-electron chi connectivity index (χ4n) is 1.55. The van der Waals surface area contributed by atoms with Gasteiger partial charge in [-0.05, 0) is 41.4 Å². The Morgan fingerprint density at radius 1 is 1.38 bits per heavy atom. The largest absolute Gasteiger partial charge is 0.304 e. The van der Waals surface area contributed by atoms with Crippen LogP contribution in [0, 0.1) is 0 Å². The van der Waals surface area contributed by atoms with Crippen LogP contribution in [0.25, 0.3) is 0 Å². The molecule has 0 bridgehead atoms. The highest BCUT2D eigenvalue weighted by Gasteiger charge is 2.15. The Kier molecular flexibility index (Phi) is 4.02. The van der Waals surface area contributed by atoms with Gasteiger partial charge in [-0.15, -0.1) is 0 Å². The molecular formula is C12H15N3S. The second-order valence-electron chi connectivity index (χ2n) is 3.55. The first-order valence-corrected chi connectivity index (χ1v) is 6.38. The van der Waals surface area contributed by atoms with Gasteiger partial charge < -0.3 is 5.32 Å². The number of hydrogen-bond acceptors (Lipinski definition) is 4. The van der Waals surface area contributed by atoms with Gasteiger partial charge in [0.25, 0.3) is 0 Å². The lowest BCUT2D eigenvalue weighted by atomic mass is 10.1. The van der Waals surface area contributed by atoms with Crippen molar-refractivity contribution in [1.82, 2.24) is 15.3 Å². The maximum absolute atomic E-state index is 4.32. The van der Waals surface area contributed by atoms with Crippen LogP contribution in [0.4, 0.5) is 0 Å². The van der Waals surface area contributed by atoms with Crippen molar-refractivity contribution in [2.75, 3.05) is 6.54 Å². The van der Waals surface area contributed by atoms with Crippen molar-refractivity contribution in [3.63, 3.8) is 0 Å². The second-order valence-corrected chi connectivity index (χ2v) is 4.33. The molecule has 0 aliphatic carbocycles. The van der Waals surface area contributed by atoms with Gasteiger partial charge in [-0.2, -0.15) is 11.3 Å². The van der Waals surface area contributed by atoms with E-state index in [-0.39, 0.29) is 6.04 Å². The molecule has 84 valence electrons. The molecule has 2 aromatic heterocycles. The standard InChI is InChI=1S/C12H15N3S/c1-2-5-13-11(10-4-8-16-9-10)12-14-6-3-7-15-12/h3-4,6-9,11,13H,2,5H2,1H3. The summed E-state index contributed by atoms with van der Waals surface area (Å²) in [6.07, 6.45) is 4.68. The molecule has 0 radical (unpaired) electrons. The van der Waals surface area contributed by atoms with E-state index in [9.17, 15) is 0 Å². The smallest absolute Gasteiger partial charge is 0.149 e. The molecule has 16 heavy (non-hydrogen) atoms. The summed E-state index contributed by atoms with van der Waals surface area (Å²) in [4.78, 5) is 8.64. The van der Waals surface area contributed by atoms with E-state index in [1.807, 2.05) is 6.07 Å². The molecule has 3 nitrogen and oxygen atoms in total. The van der Waals surface area contributed by atoms with E-state index < -0.39 is 0 Å². The summed E-state index contributed by atoms with van der Waals surface area (Å²) < 4.78 is 0. The first-order valence-electron chi connectivity index (χ1n) is 5.44. The topological polar surface area (TPSA) is 37.8 Å². The normalized spacial score (nSPS) is 12.6. The number of thiophene rings is 1. The number of nitrogens with zero attached hydrogens (tertiary/aromatic N) is 2. The van der Waals surface area contributed by atoms with Crippen LogP contribution >= 0.6 is 11.3 Å². The fourth-order valence-corrected chi connectivity index (χ4v) is 2.23. The van der Waals surface area contributed by atoms with E-state index in [0.717, 1.165) is 18.8 Å². The third-order valence-corrected chi connectivity index (χ3v) is 3.02. The minimum absolute atomic E-state index is 0.118. The molecule has 2 rings (SSSR count). The molecule has 0 aromatic carbocycles. The Balaban J connectivity index is 2.21. The molecule has 2 heterocycles. The van der Waals surface area contributed by atoms with Crippen LogP contribution in [0.3, 0.4) is 0 Å². The summed E-state index contributed by atoms with van der Waals surface area (Å²) in [6, 6.07) is 4.08. The highest BCUT2D eigenvalue weighted by Crippen LogP contribution is 2.20. The summed E-state index contributed by atoms with van der Waals surface area (Å²) in [5.74, 6) is 0.842. The van der Waals surface area contributed by atoms with Gasteiger partial charge in [0.2, 0.25) is 0 Å². The Hall–Kier alpha value is -1.26. The molecule has 2 aromatic rings. The molecule has 0 amide bonds. The summed E-state index contributed by atoms with van der Waals surface area (Å²) >= 11 is 1.70. The highest BCUT2D eigenvalue weighted by molar-refractivity contribution is 7.08. The van der Waals surface area contributed by atoms with Crippen LogP contribution in [0.1, 0.15) is 30.8 Å². The minimum atomic E-state index is 0.118. The van der Waals surface area contributed by atoms with Crippen molar-refractivity contribution in [2.24, 2.45) is 0 Å². The van der Waals surface area contributed by atoms with Crippen LogP contribution in [-0.4, -0.2) is 16.5 Å². The third-order valence-electron chi connectivity index (χ3n) is 2.32. The molecule has 1 N–H and O–H groups in total. The van der Waals surface area contributed by atoms with Gasteiger partial charge in [-0.25, -0.2) is 9.97 Å². The van der Waals surface area contributed by atoms with Gasteiger partial charge in [-0.3, -0.25) is 0 Å². The van der Waals surface area contributed by atoms with Gasteiger partial charge in [0.1, 0.15) is 5.82 Å². The van der Waals surface area contributed by atoms with Crippen molar-refractivity contribution in [1.29, 1.82) is 0 Å². The molecule has 1 atom stereocenters. The minimum Gasteiger partial charge on any atom is -0.304 e. The van der Waals surface area contributed by atoms with Crippen LogP contribution < -0.4 is 5.32 Å². The Labute approximate surface area is 99.6 Å². The first-order chi connectivity index (χ1) is 7.92. The molecule has 1 unspecified atom stereocenters. The second kappa shape index (κ2) is 5.72. The van der Waals surface area contributed by atoms with Gasteiger partial charge in [-0.1, -0.05) is 6.92 Å². The van der Waals surface area contributed by atoms with Gasteiger partial charge >= 0.3 is 0 Å². The fraction of sp³-hybridized carbons (Fsp3) is 0.333. The van der Waals surface area contributed by atoms with Crippen molar-refractivity contribution in [2.45, 2.75) is 19.4 Å². The van der Waals surface area contributed by atoms with Gasteiger partial charge in [0.15, 0.2) is 0 Å². The average Bonchev–Trinajstić information content (AvgIpc) is 2.85. The lowest BCUT2D eigenvalue weighted by Gasteiger charge is -2.15. The van der Waals surface area contributed by atoms with Crippen molar-refractivity contribution >= 4 is 11.3 Å². The number of hydrogen-bond donors (Lipinski definition) is 1. The number of nitrogens with one attached hydrogen (secondary N) is 1. The predicted molar refractivity (Wildman–Crippen MR) is 66.5 cm³/mol. The van der Waals surface area contributed by atoms with Crippen molar-refractivity contribution in [3.8, 4) is 0 Å². The molecule has 0 saturated carbocycles. The molecule has 0 saturated heterocycles. The Bertz CT molecular complexity index is 399.